The SMILES string of the molecule is C.C.CC(C)(C)OC(=O)n1cnc2cc(F)c(CBr)cc2c1=O.[B]C(=O)n1cnc2cc(F)c(C)cc2c1=O. The Hall–Kier alpha value is -3.74. The number of carbonyl (C=O) groups excluding carboxylic acids is 2. The number of hydrogen-bond acceptors (Lipinski definition) is 7. The molecule has 13 heteroatoms. The molecule has 0 amide bonds. The maximum Gasteiger partial charge on any atom is 0.422 e. The molecule has 0 N–H and O–H groups in total. The van der Waals surface area contributed by atoms with Gasteiger partial charge in [0.2, 0.25) is 7.85 Å². The number of aryl methyl sites for hydroxylation is 1. The van der Waals surface area contributed by atoms with Crippen LogP contribution in [0.1, 0.15) is 46.8 Å². The molecule has 0 aliphatic rings. The number of carbonyl (C=O) groups is 2. The van der Waals surface area contributed by atoms with Crippen LogP contribution in [0, 0.1) is 18.6 Å². The molecule has 2 aromatic carbocycles. The first-order valence-corrected chi connectivity index (χ1v) is 11.8. The second-order valence-corrected chi connectivity index (χ2v) is 9.43. The summed E-state index contributed by atoms with van der Waals surface area (Å²) in [7, 11) is 4.98. The van der Waals surface area contributed by atoms with Crippen LogP contribution in [0.25, 0.3) is 21.8 Å². The third-order valence-electron chi connectivity index (χ3n) is 4.94. The van der Waals surface area contributed by atoms with Crippen LogP contribution in [-0.4, -0.2) is 44.4 Å². The van der Waals surface area contributed by atoms with Gasteiger partial charge in [-0.3, -0.25) is 14.4 Å². The lowest BCUT2D eigenvalue weighted by molar-refractivity contribution is 0.0529. The summed E-state index contributed by atoms with van der Waals surface area (Å²) in [5.74, 6) is -1.82. The zero-order chi connectivity index (χ0) is 27.7. The summed E-state index contributed by atoms with van der Waals surface area (Å²) in [5.41, 5.74) is -0.878. The number of aromatic nitrogens is 4. The maximum atomic E-state index is 13.7. The van der Waals surface area contributed by atoms with Crippen molar-refractivity contribution in [3.05, 3.63) is 80.4 Å². The molecule has 2 aromatic heterocycles. The molecule has 0 unspecified atom stereocenters. The van der Waals surface area contributed by atoms with Crippen molar-refractivity contribution in [2.75, 3.05) is 0 Å². The van der Waals surface area contributed by atoms with E-state index in [1.807, 2.05) is 0 Å². The van der Waals surface area contributed by atoms with Crippen molar-refractivity contribution in [1.82, 2.24) is 19.1 Å². The van der Waals surface area contributed by atoms with Crippen molar-refractivity contribution in [3.63, 3.8) is 0 Å². The molecule has 4 rings (SSSR count). The Bertz CT molecular complexity index is 1670. The van der Waals surface area contributed by atoms with Gasteiger partial charge in [0.25, 0.3) is 11.1 Å². The Labute approximate surface area is 233 Å². The van der Waals surface area contributed by atoms with Crippen LogP contribution in [0.15, 0.2) is 46.5 Å². The Balaban J connectivity index is 0.000000382. The number of hydrogen-bond donors (Lipinski definition) is 0. The first-order chi connectivity index (χ1) is 17.2. The Morgan fingerprint density at radius 3 is 1.92 bits per heavy atom. The van der Waals surface area contributed by atoms with Gasteiger partial charge in [-0.15, -0.1) is 0 Å². The minimum absolute atomic E-state index is 0. The normalized spacial score (nSPS) is 10.6. The first-order valence-electron chi connectivity index (χ1n) is 10.7. The minimum Gasteiger partial charge on any atom is -0.443 e. The van der Waals surface area contributed by atoms with E-state index in [9.17, 15) is 28.0 Å². The molecule has 2 heterocycles. The van der Waals surface area contributed by atoms with Gasteiger partial charge in [-0.1, -0.05) is 30.8 Å². The van der Waals surface area contributed by atoms with Crippen LogP contribution in [0.5, 0.6) is 0 Å². The molecule has 206 valence electrons. The molecular formula is C26H28BBrF2N4O5. The van der Waals surface area contributed by atoms with Crippen LogP contribution in [0.2, 0.25) is 0 Å². The molecule has 0 saturated carbocycles. The van der Waals surface area contributed by atoms with Gasteiger partial charge >= 0.3 is 6.09 Å². The fourth-order valence-electron chi connectivity index (χ4n) is 3.14. The minimum atomic E-state index is -0.915. The van der Waals surface area contributed by atoms with Gasteiger partial charge in [0, 0.05) is 17.5 Å². The predicted octanol–water partition coefficient (Wildman–Crippen LogP) is 5.47. The summed E-state index contributed by atoms with van der Waals surface area (Å²) in [4.78, 5) is 54.6. The maximum absolute atomic E-state index is 13.7. The van der Waals surface area contributed by atoms with Crippen LogP contribution < -0.4 is 11.1 Å². The third-order valence-corrected chi connectivity index (χ3v) is 5.54. The van der Waals surface area contributed by atoms with E-state index in [1.165, 1.54) is 25.1 Å². The zero-order valence-corrected chi connectivity index (χ0v) is 21.8. The van der Waals surface area contributed by atoms with E-state index in [-0.39, 0.29) is 42.0 Å². The van der Waals surface area contributed by atoms with Crippen LogP contribution in [0.4, 0.5) is 18.4 Å². The fourth-order valence-corrected chi connectivity index (χ4v) is 3.57. The van der Waals surface area contributed by atoms with Gasteiger partial charge in [0.15, 0.2) is 5.81 Å². The Kier molecular flexibility index (Phi) is 11.0. The van der Waals surface area contributed by atoms with E-state index in [2.05, 4.69) is 25.9 Å². The van der Waals surface area contributed by atoms with Gasteiger partial charge in [-0.05, 0) is 51.0 Å². The highest BCUT2D eigenvalue weighted by Crippen LogP contribution is 2.18. The number of halogens is 3. The molecular weight excluding hydrogens is 577 g/mol. The Morgan fingerprint density at radius 2 is 1.41 bits per heavy atom. The van der Waals surface area contributed by atoms with Gasteiger partial charge in [0.1, 0.15) is 29.9 Å². The number of fused-ring (bicyclic) bond motifs is 2. The van der Waals surface area contributed by atoms with Crippen molar-refractivity contribution < 1.29 is 23.1 Å². The summed E-state index contributed by atoms with van der Waals surface area (Å²) >= 11 is 3.14. The highest BCUT2D eigenvalue weighted by molar-refractivity contribution is 9.08. The molecule has 0 aliphatic carbocycles. The largest absolute Gasteiger partial charge is 0.443 e. The van der Waals surface area contributed by atoms with E-state index >= 15 is 0 Å². The van der Waals surface area contributed by atoms with Crippen molar-refractivity contribution in [2.24, 2.45) is 0 Å². The smallest absolute Gasteiger partial charge is 0.422 e. The van der Waals surface area contributed by atoms with Crippen LogP contribution in [-0.2, 0) is 10.1 Å². The highest BCUT2D eigenvalue weighted by Gasteiger charge is 2.20. The number of rotatable bonds is 1. The summed E-state index contributed by atoms with van der Waals surface area (Å²) < 4.78 is 33.5. The quantitative estimate of drug-likeness (QED) is 0.209. The van der Waals surface area contributed by atoms with Crippen molar-refractivity contribution >= 4 is 57.5 Å². The van der Waals surface area contributed by atoms with Gasteiger partial charge in [0.05, 0.1) is 21.8 Å². The third kappa shape index (κ3) is 7.44. The number of benzene rings is 2. The lowest BCUT2D eigenvalue weighted by Gasteiger charge is -2.19. The van der Waals surface area contributed by atoms with Crippen molar-refractivity contribution in [1.29, 1.82) is 0 Å². The average Bonchev–Trinajstić information content (AvgIpc) is 2.79. The van der Waals surface area contributed by atoms with Crippen molar-refractivity contribution in [2.45, 2.75) is 53.5 Å². The molecule has 39 heavy (non-hydrogen) atoms. The van der Waals surface area contributed by atoms with Gasteiger partial charge in [-0.25, -0.2) is 32.7 Å². The number of alkyl halides is 1. The first kappa shape index (κ1) is 33.3. The average molecular weight is 605 g/mol. The predicted molar refractivity (Wildman–Crippen MR) is 151 cm³/mol. The van der Waals surface area contributed by atoms with E-state index < -0.39 is 40.3 Å². The van der Waals surface area contributed by atoms with E-state index in [0.717, 1.165) is 23.3 Å². The van der Waals surface area contributed by atoms with Crippen molar-refractivity contribution in [3.8, 4) is 0 Å². The van der Waals surface area contributed by atoms with Crippen LogP contribution in [0.3, 0.4) is 0 Å². The zero-order valence-electron chi connectivity index (χ0n) is 20.2. The summed E-state index contributed by atoms with van der Waals surface area (Å²) in [6.07, 6.45) is 1.22. The molecule has 0 bridgehead atoms. The number of ether oxygens (including phenoxy) is 1. The molecule has 4 aromatic rings. The molecule has 2 radical (unpaired) electrons. The van der Waals surface area contributed by atoms with E-state index in [0.29, 0.717) is 15.7 Å². The second-order valence-electron chi connectivity index (χ2n) is 8.87. The van der Waals surface area contributed by atoms with Gasteiger partial charge in [-0.2, -0.15) is 0 Å². The second kappa shape index (κ2) is 12.9. The molecule has 0 fully saturated rings. The van der Waals surface area contributed by atoms with E-state index in [4.69, 9.17) is 12.6 Å². The molecule has 0 spiro atoms. The van der Waals surface area contributed by atoms with Gasteiger partial charge < -0.3 is 4.74 Å². The Morgan fingerprint density at radius 1 is 0.923 bits per heavy atom. The molecule has 0 atom stereocenters. The topological polar surface area (TPSA) is 113 Å². The van der Waals surface area contributed by atoms with Crippen LogP contribution >= 0.6 is 15.9 Å². The lowest BCUT2D eigenvalue weighted by Crippen LogP contribution is -2.33. The summed E-state index contributed by atoms with van der Waals surface area (Å²) in [6, 6.07) is 5.05. The molecule has 0 aliphatic heterocycles. The summed E-state index contributed by atoms with van der Waals surface area (Å²) in [6.45, 7) is 6.62. The lowest BCUT2D eigenvalue weighted by atomic mass is 10.1. The molecule has 0 saturated heterocycles. The highest BCUT2D eigenvalue weighted by atomic mass is 79.9. The monoisotopic (exact) mass is 604 g/mol. The standard InChI is InChI=1S/C14H14BrFN2O3.C10H6BFN2O2.2CH4/c1-14(2,3)21-13(20)18-7-17-11-5-10(16)8(6-15)4-9(11)12(18)19;1-5-2-6-8(3-7(5)12)13-4-14(9(6)15)10(11)16;;/h4-5,7H,6H2,1-3H3;2-4H,1H3;2*1H4. The fraction of sp³-hybridized carbons (Fsp3) is 0.308. The number of nitrogens with zero attached hydrogens (tertiary/aromatic N) is 4. The van der Waals surface area contributed by atoms with E-state index in [1.54, 1.807) is 20.8 Å². The molecule has 9 nitrogen and oxygen atoms in total. The summed E-state index contributed by atoms with van der Waals surface area (Å²) in [5, 5.41) is 0.592.